The van der Waals surface area contributed by atoms with Crippen LogP contribution in [-0.4, -0.2) is 15.8 Å². The highest BCUT2D eigenvalue weighted by atomic mass is 32.2. The van der Waals surface area contributed by atoms with Crippen molar-refractivity contribution < 1.29 is 0 Å². The second-order valence-electron chi connectivity index (χ2n) is 6.53. The van der Waals surface area contributed by atoms with Crippen molar-refractivity contribution in [2.24, 2.45) is 0 Å². The van der Waals surface area contributed by atoms with Crippen molar-refractivity contribution in [3.05, 3.63) is 101 Å². The minimum atomic E-state index is -0.0618. The van der Waals surface area contributed by atoms with Gasteiger partial charge in [-0.1, -0.05) is 78.4 Å². The van der Waals surface area contributed by atoms with Gasteiger partial charge in [0.1, 0.15) is 10.9 Å². The molecule has 0 amide bonds. The highest BCUT2D eigenvalue weighted by Gasteiger charge is 2.19. The van der Waals surface area contributed by atoms with E-state index in [9.17, 15) is 4.79 Å². The molecular weight excluding hydrogens is 364 g/mol. The van der Waals surface area contributed by atoms with Crippen molar-refractivity contribution in [1.29, 1.82) is 0 Å². The summed E-state index contributed by atoms with van der Waals surface area (Å²) in [6, 6.07) is 27.6. The molecule has 0 bridgehead atoms. The van der Waals surface area contributed by atoms with Gasteiger partial charge in [0.2, 0.25) is 0 Å². The molecular formula is C24H20N2OS. The van der Waals surface area contributed by atoms with Crippen LogP contribution in [0.15, 0.2) is 94.7 Å². The molecule has 4 aromatic rings. The summed E-state index contributed by atoms with van der Waals surface area (Å²) in [4.78, 5) is 18.7. The van der Waals surface area contributed by atoms with Crippen LogP contribution < -0.4 is 5.56 Å². The molecule has 0 radical (unpaired) electrons. The molecule has 0 N–H and O–H groups in total. The molecule has 4 heteroatoms. The zero-order valence-electron chi connectivity index (χ0n) is 15.8. The van der Waals surface area contributed by atoms with E-state index >= 15 is 0 Å². The van der Waals surface area contributed by atoms with Crippen LogP contribution in [0.3, 0.4) is 0 Å². The summed E-state index contributed by atoms with van der Waals surface area (Å²) < 4.78 is 1.72. The van der Waals surface area contributed by atoms with Crippen molar-refractivity contribution in [2.75, 3.05) is 6.26 Å². The van der Waals surface area contributed by atoms with Crippen molar-refractivity contribution in [1.82, 2.24) is 9.55 Å². The van der Waals surface area contributed by atoms with Gasteiger partial charge < -0.3 is 0 Å². The molecule has 1 aromatic heterocycles. The fraction of sp³-hybridized carbons (Fsp3) is 0.0833. The van der Waals surface area contributed by atoms with Crippen LogP contribution in [-0.2, 0) is 0 Å². The van der Waals surface area contributed by atoms with Gasteiger partial charge in [-0.05, 0) is 30.9 Å². The SMILES string of the molecule is CSc1nc(-c2ccccc2)n(-c2ccc(C)cc2)c(=O)c1-c1ccccc1. The van der Waals surface area contributed by atoms with Gasteiger partial charge >= 0.3 is 0 Å². The maximum Gasteiger partial charge on any atom is 0.267 e. The van der Waals surface area contributed by atoms with Gasteiger partial charge in [-0.3, -0.25) is 9.36 Å². The summed E-state index contributed by atoms with van der Waals surface area (Å²) >= 11 is 1.50. The van der Waals surface area contributed by atoms with Gasteiger partial charge in [-0.15, -0.1) is 11.8 Å². The summed E-state index contributed by atoms with van der Waals surface area (Å²) in [5, 5.41) is 0.735. The molecule has 3 nitrogen and oxygen atoms in total. The normalized spacial score (nSPS) is 10.8. The Morgan fingerprint density at radius 1 is 0.786 bits per heavy atom. The molecule has 0 aliphatic heterocycles. The highest BCUT2D eigenvalue weighted by molar-refractivity contribution is 7.98. The predicted molar refractivity (Wildman–Crippen MR) is 117 cm³/mol. The van der Waals surface area contributed by atoms with Crippen molar-refractivity contribution >= 4 is 11.8 Å². The Kier molecular flexibility index (Phi) is 5.13. The standard InChI is InChI=1S/C24H20N2OS/c1-17-13-15-20(16-14-17)26-22(19-11-7-4-8-12-19)25-23(28-2)21(24(26)27)18-9-5-3-6-10-18/h3-16H,1-2H3. The third kappa shape index (κ3) is 3.39. The van der Waals surface area contributed by atoms with Gasteiger partial charge in [0.05, 0.1) is 11.3 Å². The van der Waals surface area contributed by atoms with Crippen LogP contribution in [0, 0.1) is 6.92 Å². The second kappa shape index (κ2) is 7.87. The van der Waals surface area contributed by atoms with Gasteiger partial charge in [0, 0.05) is 5.56 Å². The Labute approximate surface area is 168 Å². The first-order valence-electron chi connectivity index (χ1n) is 9.08. The minimum absolute atomic E-state index is 0.0618. The fourth-order valence-corrected chi connectivity index (χ4v) is 3.80. The summed E-state index contributed by atoms with van der Waals surface area (Å²) in [6.07, 6.45) is 1.96. The predicted octanol–water partition coefficient (Wildman–Crippen LogP) is 5.60. The summed E-state index contributed by atoms with van der Waals surface area (Å²) in [5.74, 6) is 0.651. The molecule has 0 unspecified atom stereocenters. The van der Waals surface area contributed by atoms with Gasteiger partial charge in [-0.25, -0.2) is 4.98 Å². The van der Waals surface area contributed by atoms with Crippen molar-refractivity contribution in [3.63, 3.8) is 0 Å². The van der Waals surface area contributed by atoms with Gasteiger partial charge in [0.15, 0.2) is 0 Å². The van der Waals surface area contributed by atoms with E-state index in [1.165, 1.54) is 11.8 Å². The number of hydrogen-bond donors (Lipinski definition) is 0. The molecule has 0 saturated carbocycles. The Hall–Kier alpha value is -3.11. The molecule has 138 valence electrons. The van der Waals surface area contributed by atoms with E-state index in [0.717, 1.165) is 27.4 Å². The quantitative estimate of drug-likeness (QED) is 0.339. The lowest BCUT2D eigenvalue weighted by Crippen LogP contribution is -2.24. The largest absolute Gasteiger partial charge is 0.268 e. The van der Waals surface area contributed by atoms with Crippen LogP contribution >= 0.6 is 11.8 Å². The number of benzene rings is 3. The molecule has 0 atom stereocenters. The average molecular weight is 385 g/mol. The Morgan fingerprint density at radius 2 is 1.36 bits per heavy atom. The summed E-state index contributed by atoms with van der Waals surface area (Å²) in [7, 11) is 0. The molecule has 0 saturated heterocycles. The Bertz CT molecular complexity index is 1150. The van der Waals surface area contributed by atoms with Crippen LogP contribution in [0.25, 0.3) is 28.2 Å². The van der Waals surface area contributed by atoms with E-state index in [4.69, 9.17) is 4.98 Å². The van der Waals surface area contributed by atoms with E-state index in [2.05, 4.69) is 0 Å². The zero-order chi connectivity index (χ0) is 19.5. The van der Waals surface area contributed by atoms with E-state index in [0.29, 0.717) is 11.4 Å². The first-order chi connectivity index (χ1) is 13.7. The number of aryl methyl sites for hydroxylation is 1. The fourth-order valence-electron chi connectivity index (χ4n) is 3.22. The molecule has 0 spiro atoms. The van der Waals surface area contributed by atoms with Crippen LogP contribution in [0.1, 0.15) is 5.56 Å². The number of aromatic nitrogens is 2. The smallest absolute Gasteiger partial charge is 0.267 e. The zero-order valence-corrected chi connectivity index (χ0v) is 16.6. The Morgan fingerprint density at radius 3 is 1.93 bits per heavy atom. The van der Waals surface area contributed by atoms with E-state index in [-0.39, 0.29) is 5.56 Å². The van der Waals surface area contributed by atoms with Crippen LogP contribution in [0.5, 0.6) is 0 Å². The molecule has 3 aromatic carbocycles. The Balaban J connectivity index is 2.08. The van der Waals surface area contributed by atoms with Crippen molar-refractivity contribution in [2.45, 2.75) is 11.9 Å². The lowest BCUT2D eigenvalue weighted by atomic mass is 10.1. The van der Waals surface area contributed by atoms with E-state index in [1.54, 1.807) is 4.57 Å². The molecule has 1 heterocycles. The molecule has 0 aliphatic carbocycles. The topological polar surface area (TPSA) is 34.9 Å². The molecule has 0 fully saturated rings. The first-order valence-corrected chi connectivity index (χ1v) is 10.3. The minimum Gasteiger partial charge on any atom is -0.268 e. The highest BCUT2D eigenvalue weighted by Crippen LogP contribution is 2.29. The number of rotatable bonds is 4. The maximum atomic E-state index is 13.7. The summed E-state index contributed by atoms with van der Waals surface area (Å²) in [5.41, 5.74) is 4.32. The summed E-state index contributed by atoms with van der Waals surface area (Å²) in [6.45, 7) is 2.04. The third-order valence-electron chi connectivity index (χ3n) is 4.63. The third-order valence-corrected chi connectivity index (χ3v) is 5.31. The van der Waals surface area contributed by atoms with E-state index in [1.807, 2.05) is 98.1 Å². The first kappa shape index (κ1) is 18.3. The number of hydrogen-bond acceptors (Lipinski definition) is 3. The molecule has 4 rings (SSSR count). The van der Waals surface area contributed by atoms with Crippen molar-refractivity contribution in [3.8, 4) is 28.2 Å². The second-order valence-corrected chi connectivity index (χ2v) is 7.32. The van der Waals surface area contributed by atoms with Crippen LogP contribution in [0.2, 0.25) is 0 Å². The lowest BCUT2D eigenvalue weighted by molar-refractivity contribution is 0.910. The number of thioether (sulfide) groups is 1. The van der Waals surface area contributed by atoms with Gasteiger partial charge in [-0.2, -0.15) is 0 Å². The van der Waals surface area contributed by atoms with E-state index < -0.39 is 0 Å². The number of nitrogens with zero attached hydrogens (tertiary/aromatic N) is 2. The average Bonchev–Trinajstić information content (AvgIpc) is 2.75. The van der Waals surface area contributed by atoms with Crippen LogP contribution in [0.4, 0.5) is 0 Å². The monoisotopic (exact) mass is 384 g/mol. The van der Waals surface area contributed by atoms with Gasteiger partial charge in [0.25, 0.3) is 5.56 Å². The lowest BCUT2D eigenvalue weighted by Gasteiger charge is -2.17. The molecule has 28 heavy (non-hydrogen) atoms. The molecule has 0 aliphatic rings. The maximum absolute atomic E-state index is 13.7.